The molecule has 31 heavy (non-hydrogen) atoms. The number of hydrogen-bond acceptors (Lipinski definition) is 7. The average molecular weight is 446 g/mol. The van der Waals surface area contributed by atoms with E-state index in [0.29, 0.717) is 12.8 Å². The molecular formula is C18H35N7O6. The molecule has 11 N–H and O–H groups in total. The lowest BCUT2D eigenvalue weighted by atomic mass is 10.0. The van der Waals surface area contributed by atoms with E-state index in [-0.39, 0.29) is 24.8 Å². The number of nitrogens with two attached hydrogens (primary N) is 3. The molecule has 4 unspecified atom stereocenters. The second kappa shape index (κ2) is 14.1. The van der Waals surface area contributed by atoms with Gasteiger partial charge in [0.05, 0.1) is 12.6 Å². The Morgan fingerprint density at radius 2 is 1.52 bits per heavy atom. The number of aliphatic hydroxyl groups excluding tert-OH is 1. The van der Waals surface area contributed by atoms with Gasteiger partial charge in [0.25, 0.3) is 0 Å². The Morgan fingerprint density at radius 1 is 0.935 bits per heavy atom. The Bertz CT molecular complexity index is 651. The van der Waals surface area contributed by atoms with Gasteiger partial charge in [-0.2, -0.15) is 0 Å². The van der Waals surface area contributed by atoms with E-state index in [2.05, 4.69) is 20.9 Å². The standard InChI is InChI=1S/C18H35N7O6/c1-9(2)7-11(19)15(28)25-13(8-26)16(29)23-10(3)14(27)24-12(17(30)31)5-4-6-22-18(20)21/h9-13,26H,4-8,19H2,1-3H3,(H,23,29)(H,24,27)(H,25,28)(H,30,31)(H4,20,21,22). The molecule has 0 aromatic carbocycles. The Morgan fingerprint density at radius 3 is 2.00 bits per heavy atom. The number of rotatable bonds is 14. The number of carboxylic acids is 1. The van der Waals surface area contributed by atoms with Crippen LogP contribution in [-0.2, 0) is 19.2 Å². The Balaban J connectivity index is 4.78. The van der Waals surface area contributed by atoms with Crippen molar-refractivity contribution in [2.24, 2.45) is 28.1 Å². The highest BCUT2D eigenvalue weighted by atomic mass is 16.4. The molecule has 0 aromatic heterocycles. The summed E-state index contributed by atoms with van der Waals surface area (Å²) in [5.41, 5.74) is 16.1. The van der Waals surface area contributed by atoms with Crippen LogP contribution in [0.2, 0.25) is 0 Å². The quantitative estimate of drug-likeness (QED) is 0.0769. The van der Waals surface area contributed by atoms with Crippen LogP contribution in [0.5, 0.6) is 0 Å². The fourth-order valence-corrected chi connectivity index (χ4v) is 2.52. The summed E-state index contributed by atoms with van der Waals surface area (Å²) in [6, 6.07) is -4.49. The van der Waals surface area contributed by atoms with E-state index in [1.165, 1.54) is 6.92 Å². The Labute approximate surface area is 181 Å². The second-order valence-corrected chi connectivity index (χ2v) is 7.56. The monoisotopic (exact) mass is 445 g/mol. The molecule has 13 heteroatoms. The number of amides is 3. The van der Waals surface area contributed by atoms with Crippen molar-refractivity contribution in [2.45, 2.75) is 64.2 Å². The van der Waals surface area contributed by atoms with Crippen molar-refractivity contribution in [1.82, 2.24) is 16.0 Å². The molecule has 0 spiro atoms. The van der Waals surface area contributed by atoms with Gasteiger partial charge in [-0.1, -0.05) is 13.8 Å². The van der Waals surface area contributed by atoms with Crippen LogP contribution in [0.1, 0.15) is 40.0 Å². The Hall–Kier alpha value is -2.93. The van der Waals surface area contributed by atoms with Gasteiger partial charge in [-0.3, -0.25) is 19.4 Å². The third kappa shape index (κ3) is 11.7. The predicted octanol–water partition coefficient (Wildman–Crippen LogP) is -3.04. The van der Waals surface area contributed by atoms with E-state index in [0.717, 1.165) is 0 Å². The summed E-state index contributed by atoms with van der Waals surface area (Å²) in [5.74, 6) is -3.38. The van der Waals surface area contributed by atoms with E-state index in [4.69, 9.17) is 17.2 Å². The van der Waals surface area contributed by atoms with Crippen LogP contribution < -0.4 is 33.2 Å². The van der Waals surface area contributed by atoms with Gasteiger partial charge in [-0.15, -0.1) is 0 Å². The average Bonchev–Trinajstić information content (AvgIpc) is 2.66. The van der Waals surface area contributed by atoms with Crippen molar-refractivity contribution in [3.8, 4) is 0 Å². The van der Waals surface area contributed by atoms with Crippen molar-refractivity contribution >= 4 is 29.7 Å². The smallest absolute Gasteiger partial charge is 0.326 e. The van der Waals surface area contributed by atoms with Crippen molar-refractivity contribution in [2.75, 3.05) is 13.2 Å². The minimum atomic E-state index is -1.31. The summed E-state index contributed by atoms with van der Waals surface area (Å²) in [6.07, 6.45) is 0.775. The highest BCUT2D eigenvalue weighted by Crippen LogP contribution is 2.03. The van der Waals surface area contributed by atoms with Crippen LogP contribution in [0.25, 0.3) is 0 Å². The number of nitrogens with one attached hydrogen (secondary N) is 3. The fourth-order valence-electron chi connectivity index (χ4n) is 2.52. The molecule has 0 radical (unpaired) electrons. The number of carbonyl (C=O) groups is 4. The summed E-state index contributed by atoms with van der Waals surface area (Å²) in [6.45, 7) is 4.60. The maximum absolute atomic E-state index is 12.3. The second-order valence-electron chi connectivity index (χ2n) is 7.56. The summed E-state index contributed by atoms with van der Waals surface area (Å²) >= 11 is 0. The molecule has 4 atom stereocenters. The van der Waals surface area contributed by atoms with Gasteiger partial charge < -0.3 is 43.4 Å². The molecule has 0 aliphatic rings. The first-order valence-corrected chi connectivity index (χ1v) is 9.94. The lowest BCUT2D eigenvalue weighted by Gasteiger charge is -2.22. The first kappa shape index (κ1) is 28.1. The predicted molar refractivity (Wildman–Crippen MR) is 114 cm³/mol. The molecule has 0 saturated carbocycles. The zero-order chi connectivity index (χ0) is 24.1. The van der Waals surface area contributed by atoms with Crippen LogP contribution in [0.3, 0.4) is 0 Å². The van der Waals surface area contributed by atoms with Crippen molar-refractivity contribution in [3.05, 3.63) is 0 Å². The number of carbonyl (C=O) groups excluding carboxylic acids is 3. The van der Waals surface area contributed by atoms with Crippen LogP contribution in [-0.4, -0.2) is 77.2 Å². The first-order valence-electron chi connectivity index (χ1n) is 9.94. The van der Waals surface area contributed by atoms with Gasteiger partial charge in [0.1, 0.15) is 18.1 Å². The van der Waals surface area contributed by atoms with Crippen LogP contribution in [0.4, 0.5) is 0 Å². The number of aliphatic carboxylic acids is 1. The lowest BCUT2D eigenvalue weighted by Crippen LogP contribution is -2.57. The van der Waals surface area contributed by atoms with Crippen LogP contribution in [0, 0.1) is 5.92 Å². The molecule has 0 heterocycles. The number of aliphatic hydroxyl groups is 1. The van der Waals surface area contributed by atoms with E-state index in [9.17, 15) is 29.4 Å². The zero-order valence-electron chi connectivity index (χ0n) is 18.1. The molecule has 0 saturated heterocycles. The van der Waals surface area contributed by atoms with Crippen molar-refractivity contribution in [3.63, 3.8) is 0 Å². The van der Waals surface area contributed by atoms with Gasteiger partial charge in [0, 0.05) is 6.54 Å². The largest absolute Gasteiger partial charge is 0.480 e. The van der Waals surface area contributed by atoms with Gasteiger partial charge in [0.2, 0.25) is 17.7 Å². The minimum Gasteiger partial charge on any atom is -0.480 e. The number of guanidine groups is 1. The molecule has 0 aromatic rings. The highest BCUT2D eigenvalue weighted by Gasteiger charge is 2.28. The summed E-state index contributed by atoms with van der Waals surface area (Å²) < 4.78 is 0. The minimum absolute atomic E-state index is 0.0710. The van der Waals surface area contributed by atoms with Gasteiger partial charge in [-0.05, 0) is 32.1 Å². The highest BCUT2D eigenvalue weighted by molar-refractivity contribution is 5.93. The zero-order valence-corrected chi connectivity index (χ0v) is 18.1. The maximum atomic E-state index is 12.3. The lowest BCUT2D eigenvalue weighted by molar-refractivity contribution is -0.142. The number of carboxylic acid groups (broad SMARTS) is 1. The molecule has 0 fully saturated rings. The molecule has 0 bridgehead atoms. The summed E-state index contributed by atoms with van der Waals surface area (Å²) in [5, 5.41) is 25.6. The molecule has 13 nitrogen and oxygen atoms in total. The third-order valence-corrected chi connectivity index (χ3v) is 4.19. The molecule has 178 valence electrons. The normalized spacial score (nSPS) is 14.6. The Kier molecular flexibility index (Phi) is 12.8. The van der Waals surface area contributed by atoms with E-state index in [1.54, 1.807) is 0 Å². The summed E-state index contributed by atoms with van der Waals surface area (Å²) in [7, 11) is 0. The fraction of sp³-hybridized carbons (Fsp3) is 0.722. The molecular weight excluding hydrogens is 410 g/mol. The van der Waals surface area contributed by atoms with Gasteiger partial charge in [0.15, 0.2) is 5.96 Å². The first-order chi connectivity index (χ1) is 14.4. The van der Waals surface area contributed by atoms with E-state index in [1.807, 2.05) is 13.8 Å². The van der Waals surface area contributed by atoms with Crippen LogP contribution >= 0.6 is 0 Å². The topological polar surface area (TPSA) is 235 Å². The van der Waals surface area contributed by atoms with Crippen molar-refractivity contribution in [1.29, 1.82) is 0 Å². The molecule has 0 rings (SSSR count). The van der Waals surface area contributed by atoms with Gasteiger partial charge >= 0.3 is 5.97 Å². The maximum Gasteiger partial charge on any atom is 0.326 e. The van der Waals surface area contributed by atoms with Crippen molar-refractivity contribution < 1.29 is 29.4 Å². The molecule has 0 aliphatic heterocycles. The molecule has 0 aliphatic carbocycles. The summed E-state index contributed by atoms with van der Waals surface area (Å²) in [4.78, 5) is 51.7. The third-order valence-electron chi connectivity index (χ3n) is 4.19. The number of aliphatic imine (C=N–C) groups is 1. The number of nitrogens with zero attached hydrogens (tertiary/aromatic N) is 1. The van der Waals surface area contributed by atoms with E-state index >= 15 is 0 Å². The van der Waals surface area contributed by atoms with Crippen LogP contribution in [0.15, 0.2) is 4.99 Å². The number of hydrogen-bond donors (Lipinski definition) is 8. The van der Waals surface area contributed by atoms with Gasteiger partial charge in [-0.25, -0.2) is 4.79 Å². The van der Waals surface area contributed by atoms with E-state index < -0.39 is 54.5 Å². The SMILES string of the molecule is CC(C)CC(N)C(=O)NC(CO)C(=O)NC(C)C(=O)NC(CCCN=C(N)N)C(=O)O. The molecule has 3 amide bonds.